The molecule has 0 heterocycles. The number of halogens is 1. The van der Waals surface area contributed by atoms with Gasteiger partial charge in [-0.1, -0.05) is 24.3 Å². The van der Waals surface area contributed by atoms with E-state index in [9.17, 15) is 0 Å². The Morgan fingerprint density at radius 3 is 2.62 bits per heavy atom. The number of aryl methyl sites for hydroxylation is 2. The highest BCUT2D eigenvalue weighted by atomic mass is 79.9. The molecule has 0 aromatic heterocycles. The maximum Gasteiger partial charge on any atom is 0.134 e. The molecule has 0 saturated heterocycles. The zero-order chi connectivity index (χ0) is 14.7. The van der Waals surface area contributed by atoms with Gasteiger partial charge < -0.3 is 10.5 Å². The topological polar surface area (TPSA) is 35.2 Å². The van der Waals surface area contributed by atoms with Crippen LogP contribution in [0.1, 0.15) is 28.7 Å². The third-order valence-corrected chi connectivity index (χ3v) is 4.61. The Kier molecular flexibility index (Phi) is 4.61. The molecule has 0 atom stereocenters. The molecule has 0 spiro atoms. The molecule has 0 amide bonds. The fraction of sp³-hybridized carbons (Fsp3) is 0.333. The number of benzene rings is 2. The summed E-state index contributed by atoms with van der Waals surface area (Å²) in [5.41, 5.74) is 11.1. The maximum atomic E-state index is 5.94. The standard InChI is InChI=1S/C18H20BrNO/c19-17-11-13(8-9-20)5-7-18(17)21-12-14-4-6-15-2-1-3-16(15)10-14/h4-7,10-11H,1-3,8-9,12,20H2. The SMILES string of the molecule is NCCc1ccc(OCc2ccc3c(c2)CCC3)c(Br)c1. The first-order valence-corrected chi connectivity index (χ1v) is 8.27. The van der Waals surface area contributed by atoms with Crippen LogP contribution in [0.2, 0.25) is 0 Å². The number of hydrogen-bond acceptors (Lipinski definition) is 2. The first kappa shape index (κ1) is 14.6. The van der Waals surface area contributed by atoms with Gasteiger partial charge in [0.2, 0.25) is 0 Å². The quantitative estimate of drug-likeness (QED) is 0.888. The number of ether oxygens (including phenoxy) is 1. The second kappa shape index (κ2) is 6.63. The van der Waals surface area contributed by atoms with Crippen molar-refractivity contribution in [3.63, 3.8) is 0 Å². The van der Waals surface area contributed by atoms with Crippen LogP contribution in [0.3, 0.4) is 0 Å². The van der Waals surface area contributed by atoms with Gasteiger partial charge in [0.05, 0.1) is 4.47 Å². The Morgan fingerprint density at radius 1 is 1.00 bits per heavy atom. The van der Waals surface area contributed by atoms with E-state index in [0.717, 1.165) is 16.6 Å². The molecule has 2 aromatic carbocycles. The average Bonchev–Trinajstić information content (AvgIpc) is 2.94. The van der Waals surface area contributed by atoms with Crippen molar-refractivity contribution in [2.24, 2.45) is 5.73 Å². The number of nitrogens with two attached hydrogens (primary N) is 1. The molecule has 0 aliphatic heterocycles. The summed E-state index contributed by atoms with van der Waals surface area (Å²) in [5.74, 6) is 0.885. The average molecular weight is 346 g/mol. The van der Waals surface area contributed by atoms with Gasteiger partial charge in [0.15, 0.2) is 0 Å². The molecule has 0 saturated carbocycles. The van der Waals surface area contributed by atoms with Crippen LogP contribution in [-0.2, 0) is 25.9 Å². The Morgan fingerprint density at radius 2 is 1.81 bits per heavy atom. The Bertz CT molecular complexity index is 639. The van der Waals surface area contributed by atoms with Crippen LogP contribution in [0.15, 0.2) is 40.9 Å². The smallest absolute Gasteiger partial charge is 0.134 e. The highest BCUT2D eigenvalue weighted by Crippen LogP contribution is 2.28. The second-order valence-corrected chi connectivity index (χ2v) is 6.40. The Balaban J connectivity index is 1.67. The normalized spacial score (nSPS) is 13.2. The highest BCUT2D eigenvalue weighted by Gasteiger charge is 2.11. The van der Waals surface area contributed by atoms with E-state index in [1.165, 1.54) is 41.5 Å². The second-order valence-electron chi connectivity index (χ2n) is 5.55. The lowest BCUT2D eigenvalue weighted by Crippen LogP contribution is -2.03. The van der Waals surface area contributed by atoms with E-state index in [2.05, 4.69) is 46.3 Å². The van der Waals surface area contributed by atoms with Crippen LogP contribution in [0.5, 0.6) is 5.75 Å². The van der Waals surface area contributed by atoms with Gasteiger partial charge in [-0.05, 0) is 82.5 Å². The molecule has 3 rings (SSSR count). The van der Waals surface area contributed by atoms with Gasteiger partial charge in [-0.15, -0.1) is 0 Å². The summed E-state index contributed by atoms with van der Waals surface area (Å²) in [6.07, 6.45) is 4.61. The summed E-state index contributed by atoms with van der Waals surface area (Å²) in [6, 6.07) is 12.9. The lowest BCUT2D eigenvalue weighted by molar-refractivity contribution is 0.304. The molecular formula is C18H20BrNO. The summed E-state index contributed by atoms with van der Waals surface area (Å²) < 4.78 is 6.93. The number of fused-ring (bicyclic) bond motifs is 1. The van der Waals surface area contributed by atoms with Gasteiger partial charge in [-0.3, -0.25) is 0 Å². The maximum absolute atomic E-state index is 5.94. The Labute approximate surface area is 134 Å². The predicted octanol–water partition coefficient (Wildman–Crippen LogP) is 4.02. The lowest BCUT2D eigenvalue weighted by atomic mass is 10.1. The summed E-state index contributed by atoms with van der Waals surface area (Å²) >= 11 is 3.57. The van der Waals surface area contributed by atoms with Crippen LogP contribution in [-0.4, -0.2) is 6.54 Å². The van der Waals surface area contributed by atoms with Gasteiger partial charge in [0.1, 0.15) is 12.4 Å². The van der Waals surface area contributed by atoms with E-state index in [0.29, 0.717) is 13.2 Å². The van der Waals surface area contributed by atoms with E-state index in [-0.39, 0.29) is 0 Å². The van der Waals surface area contributed by atoms with E-state index in [1.54, 1.807) is 0 Å². The minimum Gasteiger partial charge on any atom is -0.488 e. The van der Waals surface area contributed by atoms with Crippen LogP contribution in [0.4, 0.5) is 0 Å². The molecule has 2 aromatic rings. The molecule has 2 N–H and O–H groups in total. The molecule has 1 aliphatic rings. The van der Waals surface area contributed by atoms with E-state index >= 15 is 0 Å². The summed E-state index contributed by atoms with van der Waals surface area (Å²) in [4.78, 5) is 0. The van der Waals surface area contributed by atoms with Crippen LogP contribution in [0.25, 0.3) is 0 Å². The van der Waals surface area contributed by atoms with Crippen molar-refractivity contribution in [3.05, 3.63) is 63.1 Å². The third kappa shape index (κ3) is 3.47. The number of rotatable bonds is 5. The fourth-order valence-electron chi connectivity index (χ4n) is 2.86. The Hall–Kier alpha value is -1.32. The molecule has 2 nitrogen and oxygen atoms in total. The van der Waals surface area contributed by atoms with E-state index in [1.807, 2.05) is 6.07 Å². The van der Waals surface area contributed by atoms with Crippen molar-refractivity contribution in [2.45, 2.75) is 32.3 Å². The molecule has 1 aliphatic carbocycles. The third-order valence-electron chi connectivity index (χ3n) is 3.99. The lowest BCUT2D eigenvalue weighted by Gasteiger charge is -2.11. The monoisotopic (exact) mass is 345 g/mol. The summed E-state index contributed by atoms with van der Waals surface area (Å²) in [5, 5.41) is 0. The van der Waals surface area contributed by atoms with E-state index in [4.69, 9.17) is 10.5 Å². The molecular weight excluding hydrogens is 326 g/mol. The molecule has 0 radical (unpaired) electrons. The largest absolute Gasteiger partial charge is 0.488 e. The first-order valence-electron chi connectivity index (χ1n) is 7.48. The molecule has 110 valence electrons. The van der Waals surface area contributed by atoms with E-state index < -0.39 is 0 Å². The summed E-state index contributed by atoms with van der Waals surface area (Å²) in [7, 11) is 0. The predicted molar refractivity (Wildman–Crippen MR) is 89.7 cm³/mol. The van der Waals surface area contributed by atoms with Crippen LogP contribution < -0.4 is 10.5 Å². The molecule has 0 unspecified atom stereocenters. The molecule has 0 fully saturated rings. The molecule has 0 bridgehead atoms. The van der Waals surface area contributed by atoms with Crippen LogP contribution in [0, 0.1) is 0 Å². The zero-order valence-corrected chi connectivity index (χ0v) is 13.7. The fourth-order valence-corrected chi connectivity index (χ4v) is 3.40. The molecule has 21 heavy (non-hydrogen) atoms. The summed E-state index contributed by atoms with van der Waals surface area (Å²) in [6.45, 7) is 1.28. The van der Waals surface area contributed by atoms with Gasteiger partial charge in [-0.25, -0.2) is 0 Å². The van der Waals surface area contributed by atoms with Crippen molar-refractivity contribution in [1.82, 2.24) is 0 Å². The zero-order valence-electron chi connectivity index (χ0n) is 12.1. The van der Waals surface area contributed by atoms with Gasteiger partial charge in [-0.2, -0.15) is 0 Å². The minimum absolute atomic E-state index is 0.613. The highest BCUT2D eigenvalue weighted by molar-refractivity contribution is 9.10. The first-order chi connectivity index (χ1) is 10.3. The van der Waals surface area contributed by atoms with Crippen molar-refractivity contribution in [1.29, 1.82) is 0 Å². The van der Waals surface area contributed by atoms with Gasteiger partial charge in [0.25, 0.3) is 0 Å². The van der Waals surface area contributed by atoms with Crippen molar-refractivity contribution < 1.29 is 4.74 Å². The van der Waals surface area contributed by atoms with Crippen molar-refractivity contribution in [2.75, 3.05) is 6.54 Å². The van der Waals surface area contributed by atoms with Crippen LogP contribution >= 0.6 is 15.9 Å². The van der Waals surface area contributed by atoms with Gasteiger partial charge >= 0.3 is 0 Å². The van der Waals surface area contributed by atoms with Gasteiger partial charge in [0, 0.05) is 0 Å². The van der Waals surface area contributed by atoms with Crippen molar-refractivity contribution in [3.8, 4) is 5.75 Å². The number of hydrogen-bond donors (Lipinski definition) is 1. The minimum atomic E-state index is 0.613. The van der Waals surface area contributed by atoms with Crippen molar-refractivity contribution >= 4 is 15.9 Å². The molecule has 3 heteroatoms.